The minimum atomic E-state index is -0.658. The van der Waals surface area contributed by atoms with E-state index in [-0.39, 0.29) is 11.8 Å². The number of amides is 2. The Kier molecular flexibility index (Phi) is 4.00. The van der Waals surface area contributed by atoms with Gasteiger partial charge in [0.05, 0.1) is 11.1 Å². The molecule has 8 rings (SSSR count). The monoisotopic (exact) mass is 495 g/mol. The SMILES string of the molecule is O=C1OC(=O)c2ccc3c4ccc5c6c(ccc(c7ccc1c2c73)c64)C(=O)N(CCc1ccccc1)C5=O. The fraction of sp³-hybridized carbons (Fsp3) is 0.0625. The summed E-state index contributed by atoms with van der Waals surface area (Å²) in [6, 6.07) is 24.3. The Morgan fingerprint density at radius 2 is 0.947 bits per heavy atom. The number of rotatable bonds is 3. The van der Waals surface area contributed by atoms with Crippen LogP contribution < -0.4 is 0 Å². The molecule has 0 spiro atoms. The first-order valence-electron chi connectivity index (χ1n) is 12.4. The molecule has 0 bridgehead atoms. The van der Waals surface area contributed by atoms with Crippen LogP contribution in [0, 0.1) is 0 Å². The number of benzene rings is 6. The van der Waals surface area contributed by atoms with Crippen LogP contribution in [-0.2, 0) is 11.2 Å². The third kappa shape index (κ3) is 2.56. The van der Waals surface area contributed by atoms with E-state index in [1.807, 2.05) is 54.6 Å². The predicted molar refractivity (Wildman–Crippen MR) is 143 cm³/mol. The third-order valence-corrected chi connectivity index (χ3v) is 7.94. The molecule has 6 aromatic rings. The number of imide groups is 1. The lowest BCUT2D eigenvalue weighted by molar-refractivity contribution is 0.0390. The van der Waals surface area contributed by atoms with Crippen LogP contribution in [0.25, 0.3) is 43.1 Å². The number of nitrogens with zero attached hydrogens (tertiary/aromatic N) is 1. The van der Waals surface area contributed by atoms with Gasteiger partial charge in [0.1, 0.15) is 0 Å². The summed E-state index contributed by atoms with van der Waals surface area (Å²) in [7, 11) is 0. The number of cyclic esters (lactones) is 2. The van der Waals surface area contributed by atoms with E-state index in [9.17, 15) is 19.2 Å². The van der Waals surface area contributed by atoms with Crippen molar-refractivity contribution in [2.45, 2.75) is 6.42 Å². The summed E-state index contributed by atoms with van der Waals surface area (Å²) in [5, 5.41) is 6.31. The normalized spacial score (nSPS) is 14.9. The maximum Gasteiger partial charge on any atom is 0.346 e. The molecule has 2 aliphatic heterocycles. The second kappa shape index (κ2) is 7.23. The van der Waals surface area contributed by atoms with Crippen molar-refractivity contribution in [2.24, 2.45) is 0 Å². The smallest absolute Gasteiger partial charge is 0.346 e. The average Bonchev–Trinajstić information content (AvgIpc) is 2.94. The van der Waals surface area contributed by atoms with E-state index in [0.717, 1.165) is 37.9 Å². The van der Waals surface area contributed by atoms with Crippen LogP contribution in [0.5, 0.6) is 0 Å². The minimum Gasteiger partial charge on any atom is -0.386 e. The van der Waals surface area contributed by atoms with Gasteiger partial charge in [-0.25, -0.2) is 9.59 Å². The van der Waals surface area contributed by atoms with Gasteiger partial charge >= 0.3 is 11.9 Å². The molecule has 0 radical (unpaired) electrons. The van der Waals surface area contributed by atoms with Gasteiger partial charge in [-0.1, -0.05) is 54.6 Å². The molecule has 6 heteroatoms. The first-order valence-corrected chi connectivity index (χ1v) is 12.4. The second-order valence-corrected chi connectivity index (χ2v) is 9.82. The minimum absolute atomic E-state index is 0.296. The Hall–Kier alpha value is -5.10. The van der Waals surface area contributed by atoms with Gasteiger partial charge < -0.3 is 4.74 Å². The Bertz CT molecular complexity index is 1960. The molecule has 180 valence electrons. The largest absolute Gasteiger partial charge is 0.386 e. The van der Waals surface area contributed by atoms with Crippen molar-refractivity contribution in [1.29, 1.82) is 0 Å². The maximum absolute atomic E-state index is 13.6. The molecule has 0 atom stereocenters. The highest BCUT2D eigenvalue weighted by molar-refractivity contribution is 6.40. The number of hydrogen-bond donors (Lipinski definition) is 0. The van der Waals surface area contributed by atoms with Gasteiger partial charge in [-0.3, -0.25) is 14.5 Å². The lowest BCUT2D eigenvalue weighted by Gasteiger charge is -2.29. The highest BCUT2D eigenvalue weighted by atomic mass is 16.6. The van der Waals surface area contributed by atoms with Crippen LogP contribution in [0.4, 0.5) is 0 Å². The topological polar surface area (TPSA) is 80.8 Å². The fourth-order valence-electron chi connectivity index (χ4n) is 6.25. The number of hydrogen-bond acceptors (Lipinski definition) is 5. The first kappa shape index (κ1) is 21.0. The number of carbonyl (C=O) groups excluding carboxylic acids is 4. The van der Waals surface area contributed by atoms with Crippen molar-refractivity contribution in [3.8, 4) is 0 Å². The second-order valence-electron chi connectivity index (χ2n) is 9.82. The number of esters is 2. The van der Waals surface area contributed by atoms with Crippen LogP contribution in [-0.4, -0.2) is 35.2 Å². The van der Waals surface area contributed by atoms with Crippen molar-refractivity contribution in [3.63, 3.8) is 0 Å². The van der Waals surface area contributed by atoms with E-state index in [1.54, 1.807) is 24.3 Å². The van der Waals surface area contributed by atoms with Crippen molar-refractivity contribution in [2.75, 3.05) is 6.54 Å². The van der Waals surface area contributed by atoms with Crippen LogP contribution in [0.1, 0.15) is 47.0 Å². The van der Waals surface area contributed by atoms with E-state index in [1.165, 1.54) is 4.90 Å². The van der Waals surface area contributed by atoms with Gasteiger partial charge in [0.15, 0.2) is 0 Å². The van der Waals surface area contributed by atoms with Crippen molar-refractivity contribution >= 4 is 66.8 Å². The van der Waals surface area contributed by atoms with Crippen LogP contribution >= 0.6 is 0 Å². The van der Waals surface area contributed by atoms with Crippen molar-refractivity contribution in [3.05, 3.63) is 107 Å². The molecule has 6 nitrogen and oxygen atoms in total. The lowest BCUT2D eigenvalue weighted by atomic mass is 9.83. The highest BCUT2D eigenvalue weighted by Crippen LogP contribution is 2.45. The Balaban J connectivity index is 1.39. The van der Waals surface area contributed by atoms with Gasteiger partial charge in [0.2, 0.25) is 0 Å². The molecular weight excluding hydrogens is 478 g/mol. The molecule has 0 unspecified atom stereocenters. The molecule has 0 saturated heterocycles. The van der Waals surface area contributed by atoms with E-state index >= 15 is 0 Å². The van der Waals surface area contributed by atoms with Crippen molar-refractivity contribution in [1.82, 2.24) is 4.90 Å². The van der Waals surface area contributed by atoms with Crippen LogP contribution in [0.3, 0.4) is 0 Å². The summed E-state index contributed by atoms with van der Waals surface area (Å²) >= 11 is 0. The van der Waals surface area contributed by atoms with E-state index < -0.39 is 11.9 Å². The number of ether oxygens (including phenoxy) is 1. The third-order valence-electron chi connectivity index (χ3n) is 7.94. The fourth-order valence-corrected chi connectivity index (χ4v) is 6.25. The molecule has 0 saturated carbocycles. The summed E-state index contributed by atoms with van der Waals surface area (Å²) < 4.78 is 4.94. The Morgan fingerprint density at radius 3 is 1.45 bits per heavy atom. The van der Waals surface area contributed by atoms with E-state index in [4.69, 9.17) is 4.74 Å². The van der Waals surface area contributed by atoms with Gasteiger partial charge in [0.25, 0.3) is 11.8 Å². The molecular formula is C32H17NO5. The molecule has 0 N–H and O–H groups in total. The van der Waals surface area contributed by atoms with Gasteiger partial charge in [0, 0.05) is 28.4 Å². The van der Waals surface area contributed by atoms with Crippen molar-refractivity contribution < 1.29 is 23.9 Å². The average molecular weight is 495 g/mol. The standard InChI is InChI=1S/C32H17NO5/c34-29-21-10-6-17-19-8-12-23-28-24(32(37)38-31(23)36)13-9-20(26(19)28)18-7-11-22(27(21)25(17)18)30(35)33(29)15-14-16-4-2-1-3-5-16/h1-13H,14-15H2. The Labute approximate surface area is 215 Å². The predicted octanol–water partition coefficient (Wildman–Crippen LogP) is 5.89. The van der Waals surface area contributed by atoms with Gasteiger partial charge in [-0.05, 0) is 68.6 Å². The molecule has 0 aromatic heterocycles. The van der Waals surface area contributed by atoms with Gasteiger partial charge in [-0.2, -0.15) is 0 Å². The van der Waals surface area contributed by atoms with E-state index in [0.29, 0.717) is 46.0 Å². The maximum atomic E-state index is 13.6. The number of fused-ring (bicyclic) bond motifs is 2. The quantitative estimate of drug-likeness (QED) is 0.101. The molecule has 0 fully saturated rings. The summed E-state index contributed by atoms with van der Waals surface area (Å²) in [6.07, 6.45) is 0.578. The zero-order valence-corrected chi connectivity index (χ0v) is 19.9. The molecule has 0 aliphatic carbocycles. The zero-order valence-electron chi connectivity index (χ0n) is 19.9. The number of carbonyl (C=O) groups is 4. The molecule has 6 aromatic carbocycles. The lowest BCUT2D eigenvalue weighted by Crippen LogP contribution is -2.41. The highest BCUT2D eigenvalue weighted by Gasteiger charge is 2.35. The van der Waals surface area contributed by atoms with Crippen LogP contribution in [0.15, 0.2) is 78.9 Å². The Morgan fingerprint density at radius 1 is 0.500 bits per heavy atom. The summed E-state index contributed by atoms with van der Waals surface area (Å²) in [5.41, 5.74) is 2.77. The molecule has 2 heterocycles. The molecule has 2 aliphatic rings. The zero-order chi connectivity index (χ0) is 25.7. The summed E-state index contributed by atoms with van der Waals surface area (Å²) in [4.78, 5) is 53.6. The molecule has 38 heavy (non-hydrogen) atoms. The first-order chi connectivity index (χ1) is 18.5. The molecule has 2 amide bonds. The van der Waals surface area contributed by atoms with E-state index in [2.05, 4.69) is 0 Å². The van der Waals surface area contributed by atoms with Gasteiger partial charge in [-0.15, -0.1) is 0 Å². The summed E-state index contributed by atoms with van der Waals surface area (Å²) in [6.45, 7) is 0.296. The van der Waals surface area contributed by atoms with Crippen LogP contribution in [0.2, 0.25) is 0 Å². The summed E-state index contributed by atoms with van der Waals surface area (Å²) in [5.74, 6) is -1.92.